The van der Waals surface area contributed by atoms with Crippen LogP contribution in [0.5, 0.6) is 0 Å². The van der Waals surface area contributed by atoms with Gasteiger partial charge in [-0.25, -0.2) is 4.68 Å². The van der Waals surface area contributed by atoms with Crippen molar-refractivity contribution >= 4 is 41.7 Å². The minimum Gasteiger partial charge on any atom is -0.383 e. The average Bonchev–Trinajstić information content (AvgIpc) is 3.61. The summed E-state index contributed by atoms with van der Waals surface area (Å²) in [6, 6.07) is 15.6. The van der Waals surface area contributed by atoms with Crippen molar-refractivity contribution < 1.29 is 0 Å². The number of hydrogen-bond acceptors (Lipinski definition) is 7. The second-order valence-electron chi connectivity index (χ2n) is 10.8. The van der Waals surface area contributed by atoms with E-state index in [1.807, 2.05) is 35.1 Å². The van der Waals surface area contributed by atoms with Crippen LogP contribution in [0.1, 0.15) is 62.0 Å². The lowest BCUT2D eigenvalue weighted by Gasteiger charge is -2.32. The molecule has 2 aromatic heterocycles. The summed E-state index contributed by atoms with van der Waals surface area (Å²) in [4.78, 5) is 4.43. The summed E-state index contributed by atoms with van der Waals surface area (Å²) in [6.07, 6.45) is 5.43. The van der Waals surface area contributed by atoms with Crippen LogP contribution in [0.15, 0.2) is 48.8 Å². The van der Waals surface area contributed by atoms with Gasteiger partial charge in [-0.1, -0.05) is 55.8 Å². The summed E-state index contributed by atoms with van der Waals surface area (Å²) < 4.78 is 1.83. The van der Waals surface area contributed by atoms with Crippen molar-refractivity contribution in [2.45, 2.75) is 45.1 Å². The third-order valence-electron chi connectivity index (χ3n) is 6.48. The lowest BCUT2D eigenvalue weighted by Crippen LogP contribution is -2.38. The molecule has 4 aromatic rings. The van der Waals surface area contributed by atoms with E-state index in [4.69, 9.17) is 19.4 Å². The van der Waals surface area contributed by atoms with Crippen LogP contribution in [-0.2, 0) is 5.44 Å². The summed E-state index contributed by atoms with van der Waals surface area (Å²) in [7, 11) is 7.07. The Kier molecular flexibility index (Phi) is 6.50. The summed E-state index contributed by atoms with van der Waals surface area (Å²) in [6.45, 7) is 6.92. The van der Waals surface area contributed by atoms with Gasteiger partial charge in [0.05, 0.1) is 40.0 Å². The predicted octanol–water partition coefficient (Wildman–Crippen LogP) is 5.50. The van der Waals surface area contributed by atoms with E-state index in [0.29, 0.717) is 62.3 Å². The number of anilines is 2. The van der Waals surface area contributed by atoms with Gasteiger partial charge in [-0.3, -0.25) is 4.98 Å². The van der Waals surface area contributed by atoms with Gasteiger partial charge in [-0.15, -0.1) is 5.10 Å². The highest BCUT2D eigenvalue weighted by atomic mass is 35.5. The van der Waals surface area contributed by atoms with E-state index in [0.717, 1.165) is 12.8 Å². The van der Waals surface area contributed by atoms with Crippen LogP contribution in [0.2, 0.25) is 5.02 Å². The topological polar surface area (TPSA) is 115 Å². The highest BCUT2D eigenvalue weighted by Gasteiger charge is 2.35. The van der Waals surface area contributed by atoms with Gasteiger partial charge in [-0.2, -0.15) is 10.5 Å². The molecule has 1 aliphatic carbocycles. The fourth-order valence-corrected chi connectivity index (χ4v) is 4.63. The number of nitrogens with one attached hydrogen (secondary N) is 2. The molecule has 0 bridgehead atoms. The standard InChI is InChI=1S/C28H26BClN8/c1-27(2,3)16-34-26-18(13-32)14-33-25-17(12-31)10-19(11-21(25)26)35-28(29,22-6-4-5-7-23(22)30)24-15-38(37-36-24)20-8-9-20/h4-7,10-11,14-15,20,35H,8-9,16H2,1-3H3,(H,33,34). The number of rotatable bonds is 7. The normalized spacial score (nSPS) is 14.9. The van der Waals surface area contributed by atoms with E-state index in [-0.39, 0.29) is 5.41 Å². The highest BCUT2D eigenvalue weighted by molar-refractivity contribution is 6.33. The van der Waals surface area contributed by atoms with Crippen molar-refractivity contribution in [3.05, 3.63) is 76.2 Å². The molecule has 0 amide bonds. The molecule has 2 aromatic carbocycles. The van der Waals surface area contributed by atoms with Crippen molar-refractivity contribution in [3.63, 3.8) is 0 Å². The molecule has 5 rings (SSSR count). The Morgan fingerprint density at radius 1 is 1.13 bits per heavy atom. The van der Waals surface area contributed by atoms with Crippen LogP contribution in [0, 0.1) is 28.1 Å². The summed E-state index contributed by atoms with van der Waals surface area (Å²) in [5.41, 5.74) is 2.10. The maximum Gasteiger partial charge on any atom is 0.119 e. The van der Waals surface area contributed by atoms with Crippen LogP contribution in [-0.4, -0.2) is 34.4 Å². The third-order valence-corrected chi connectivity index (χ3v) is 6.81. The zero-order valence-electron chi connectivity index (χ0n) is 21.5. The van der Waals surface area contributed by atoms with Crippen molar-refractivity contribution in [2.24, 2.45) is 5.41 Å². The molecule has 0 saturated heterocycles. The monoisotopic (exact) mass is 520 g/mol. The molecule has 0 spiro atoms. The first-order valence-electron chi connectivity index (χ1n) is 12.4. The zero-order valence-corrected chi connectivity index (χ0v) is 22.2. The molecular formula is C28H26BClN8. The number of hydrogen-bond donors (Lipinski definition) is 2. The number of nitriles is 2. The van der Waals surface area contributed by atoms with E-state index in [2.05, 4.69) is 58.8 Å². The number of benzene rings is 2. The predicted molar refractivity (Wildman–Crippen MR) is 149 cm³/mol. The minimum absolute atomic E-state index is 0.0416. The summed E-state index contributed by atoms with van der Waals surface area (Å²) in [5, 5.41) is 36.4. The van der Waals surface area contributed by atoms with Crippen LogP contribution >= 0.6 is 11.6 Å². The van der Waals surface area contributed by atoms with E-state index >= 15 is 0 Å². The van der Waals surface area contributed by atoms with Gasteiger partial charge in [0.25, 0.3) is 0 Å². The van der Waals surface area contributed by atoms with E-state index < -0.39 is 5.44 Å². The van der Waals surface area contributed by atoms with E-state index in [1.54, 1.807) is 12.1 Å². The largest absolute Gasteiger partial charge is 0.383 e. The Hall–Kier alpha value is -4.08. The quantitative estimate of drug-likeness (QED) is 0.309. The molecule has 2 N–H and O–H groups in total. The number of fused-ring (bicyclic) bond motifs is 1. The number of halogens is 1. The zero-order chi connectivity index (χ0) is 27.1. The molecule has 1 saturated carbocycles. The molecular weight excluding hydrogens is 495 g/mol. The lowest BCUT2D eigenvalue weighted by molar-refractivity contribution is 0.443. The van der Waals surface area contributed by atoms with E-state index in [9.17, 15) is 10.5 Å². The smallest absolute Gasteiger partial charge is 0.119 e. The molecule has 1 atom stereocenters. The maximum absolute atomic E-state index is 10.0. The minimum atomic E-state index is -1.36. The fourth-order valence-electron chi connectivity index (χ4n) is 4.34. The van der Waals surface area contributed by atoms with Crippen LogP contribution in [0.25, 0.3) is 10.9 Å². The van der Waals surface area contributed by atoms with Crippen LogP contribution < -0.4 is 10.6 Å². The molecule has 2 radical (unpaired) electrons. The fraction of sp³-hybridized carbons (Fsp3) is 0.321. The van der Waals surface area contributed by atoms with Crippen LogP contribution in [0.4, 0.5) is 11.4 Å². The van der Waals surface area contributed by atoms with Gasteiger partial charge in [-0.05, 0) is 42.0 Å². The first kappa shape index (κ1) is 25.6. The highest BCUT2D eigenvalue weighted by Crippen LogP contribution is 2.39. The van der Waals surface area contributed by atoms with Crippen molar-refractivity contribution in [1.29, 1.82) is 10.5 Å². The maximum atomic E-state index is 10.0. The molecule has 38 heavy (non-hydrogen) atoms. The van der Waals surface area contributed by atoms with Gasteiger partial charge >= 0.3 is 0 Å². The Balaban J connectivity index is 1.67. The molecule has 1 aliphatic rings. The van der Waals surface area contributed by atoms with E-state index in [1.165, 1.54) is 6.20 Å². The van der Waals surface area contributed by atoms with Crippen molar-refractivity contribution in [1.82, 2.24) is 20.0 Å². The molecule has 2 heterocycles. The second-order valence-corrected chi connectivity index (χ2v) is 11.2. The Morgan fingerprint density at radius 2 is 1.87 bits per heavy atom. The Morgan fingerprint density at radius 3 is 2.53 bits per heavy atom. The Labute approximate surface area is 228 Å². The molecule has 10 heteroatoms. The van der Waals surface area contributed by atoms with Gasteiger partial charge in [0.2, 0.25) is 0 Å². The average molecular weight is 521 g/mol. The molecule has 1 unspecified atom stereocenters. The van der Waals surface area contributed by atoms with Gasteiger partial charge in [0, 0.05) is 28.8 Å². The van der Waals surface area contributed by atoms with Gasteiger partial charge in [0.1, 0.15) is 25.7 Å². The first-order chi connectivity index (χ1) is 18.1. The first-order valence-corrected chi connectivity index (χ1v) is 12.8. The molecule has 188 valence electrons. The number of aromatic nitrogens is 4. The van der Waals surface area contributed by atoms with Crippen LogP contribution in [0.3, 0.4) is 0 Å². The van der Waals surface area contributed by atoms with Gasteiger partial charge in [0.15, 0.2) is 0 Å². The van der Waals surface area contributed by atoms with Crippen molar-refractivity contribution in [3.8, 4) is 12.1 Å². The summed E-state index contributed by atoms with van der Waals surface area (Å²) in [5.74, 6) is 0. The molecule has 8 nitrogen and oxygen atoms in total. The third kappa shape index (κ3) is 4.90. The van der Waals surface area contributed by atoms with Crippen molar-refractivity contribution in [2.75, 3.05) is 17.2 Å². The molecule has 0 aliphatic heterocycles. The SMILES string of the molecule is [B]C(Nc1cc(C#N)c2ncc(C#N)c(NCC(C)(C)C)c2c1)(c1cn(C2CC2)nn1)c1ccccc1Cl. The lowest BCUT2D eigenvalue weighted by atomic mass is 9.69. The number of pyridine rings is 1. The molecule has 1 fully saturated rings. The summed E-state index contributed by atoms with van der Waals surface area (Å²) >= 11 is 6.63. The second kappa shape index (κ2) is 9.66. The van der Waals surface area contributed by atoms with Gasteiger partial charge < -0.3 is 10.6 Å². The number of nitrogens with zero attached hydrogens (tertiary/aromatic N) is 6. The Bertz CT molecular complexity index is 1610.